The third-order valence-electron chi connectivity index (χ3n) is 4.03. The summed E-state index contributed by atoms with van der Waals surface area (Å²) in [7, 11) is 0. The SMILES string of the molecule is O=c1cc(CN2CCC[C@H](C(F)(F)F)C2)nc2ccc(Cl)cn12. The summed E-state index contributed by atoms with van der Waals surface area (Å²) in [5.41, 5.74) is 0.610. The predicted molar refractivity (Wildman–Crippen MR) is 80.5 cm³/mol. The Bertz CT molecular complexity index is 775. The van der Waals surface area contributed by atoms with Gasteiger partial charge in [0, 0.05) is 25.4 Å². The maximum atomic E-state index is 12.9. The second-order valence-electron chi connectivity index (χ2n) is 5.78. The van der Waals surface area contributed by atoms with E-state index >= 15 is 0 Å². The van der Waals surface area contributed by atoms with Crippen LogP contribution in [-0.2, 0) is 6.54 Å². The van der Waals surface area contributed by atoms with Crippen LogP contribution in [0.3, 0.4) is 0 Å². The highest BCUT2D eigenvalue weighted by molar-refractivity contribution is 6.30. The van der Waals surface area contributed by atoms with Gasteiger partial charge in [0.15, 0.2) is 0 Å². The van der Waals surface area contributed by atoms with Crippen molar-refractivity contribution in [1.82, 2.24) is 14.3 Å². The van der Waals surface area contributed by atoms with Gasteiger partial charge in [-0.15, -0.1) is 0 Å². The van der Waals surface area contributed by atoms with Gasteiger partial charge in [0.1, 0.15) is 5.65 Å². The van der Waals surface area contributed by atoms with Crippen molar-refractivity contribution < 1.29 is 13.2 Å². The maximum Gasteiger partial charge on any atom is 0.393 e. The van der Waals surface area contributed by atoms with Crippen molar-refractivity contribution in [3.63, 3.8) is 0 Å². The Morgan fingerprint density at radius 1 is 1.35 bits per heavy atom. The Balaban J connectivity index is 1.81. The minimum absolute atomic E-state index is 0.0504. The molecule has 0 bridgehead atoms. The molecule has 0 aliphatic carbocycles. The van der Waals surface area contributed by atoms with Gasteiger partial charge < -0.3 is 0 Å². The molecule has 0 unspecified atom stereocenters. The van der Waals surface area contributed by atoms with Crippen LogP contribution in [-0.4, -0.2) is 33.6 Å². The van der Waals surface area contributed by atoms with Gasteiger partial charge in [0.2, 0.25) is 0 Å². The lowest BCUT2D eigenvalue weighted by Gasteiger charge is -2.33. The lowest BCUT2D eigenvalue weighted by molar-refractivity contribution is -0.187. The third kappa shape index (κ3) is 3.67. The van der Waals surface area contributed by atoms with Crippen molar-refractivity contribution >= 4 is 17.2 Å². The Labute approximate surface area is 135 Å². The van der Waals surface area contributed by atoms with Crippen molar-refractivity contribution in [3.8, 4) is 0 Å². The van der Waals surface area contributed by atoms with Crippen LogP contribution in [0.4, 0.5) is 13.2 Å². The van der Waals surface area contributed by atoms with Gasteiger partial charge in [-0.1, -0.05) is 11.6 Å². The molecule has 1 saturated heterocycles. The van der Waals surface area contributed by atoms with Crippen molar-refractivity contribution in [2.45, 2.75) is 25.6 Å². The van der Waals surface area contributed by atoms with Gasteiger partial charge in [0.25, 0.3) is 5.56 Å². The molecule has 0 amide bonds. The summed E-state index contributed by atoms with van der Waals surface area (Å²) in [6, 6.07) is 4.58. The van der Waals surface area contributed by atoms with E-state index < -0.39 is 12.1 Å². The zero-order valence-electron chi connectivity index (χ0n) is 12.2. The average Bonchev–Trinajstić information content (AvgIpc) is 2.48. The van der Waals surface area contributed by atoms with Crippen LogP contribution >= 0.6 is 11.6 Å². The predicted octanol–water partition coefficient (Wildman–Crippen LogP) is 3.12. The zero-order valence-corrected chi connectivity index (χ0v) is 12.9. The van der Waals surface area contributed by atoms with E-state index in [2.05, 4.69) is 4.98 Å². The van der Waals surface area contributed by atoms with E-state index in [0.717, 1.165) is 0 Å². The fraction of sp³-hybridized carbons (Fsp3) is 0.467. The number of hydrogen-bond donors (Lipinski definition) is 0. The van der Waals surface area contributed by atoms with E-state index in [1.165, 1.54) is 16.7 Å². The summed E-state index contributed by atoms with van der Waals surface area (Å²) in [6.07, 6.45) is -2.05. The molecule has 0 aromatic carbocycles. The first-order valence-electron chi connectivity index (χ1n) is 7.30. The fourth-order valence-corrected chi connectivity index (χ4v) is 3.06. The number of halogens is 4. The molecule has 0 radical (unpaired) electrons. The van der Waals surface area contributed by atoms with Gasteiger partial charge >= 0.3 is 6.18 Å². The monoisotopic (exact) mass is 345 g/mol. The van der Waals surface area contributed by atoms with E-state index in [-0.39, 0.29) is 25.1 Å². The standard InChI is InChI=1S/C15H15ClF3N3O/c16-11-3-4-13-20-12(6-14(23)22(13)8-11)9-21-5-1-2-10(7-21)15(17,18)19/h3-4,6,8,10H,1-2,5,7,9H2/t10-/m0/s1. The highest BCUT2D eigenvalue weighted by atomic mass is 35.5. The lowest BCUT2D eigenvalue weighted by atomic mass is 9.97. The average molecular weight is 346 g/mol. The highest BCUT2D eigenvalue weighted by Gasteiger charge is 2.41. The van der Waals surface area contributed by atoms with Crippen LogP contribution < -0.4 is 5.56 Å². The number of pyridine rings is 1. The Hall–Kier alpha value is -1.60. The molecule has 0 saturated carbocycles. The summed E-state index contributed by atoms with van der Waals surface area (Å²) in [5.74, 6) is -1.31. The number of nitrogens with zero attached hydrogens (tertiary/aromatic N) is 3. The number of alkyl halides is 3. The molecule has 2 aromatic heterocycles. The number of fused-ring (bicyclic) bond motifs is 1. The molecule has 1 atom stereocenters. The van der Waals surface area contributed by atoms with E-state index in [0.29, 0.717) is 29.3 Å². The molecule has 3 rings (SSSR count). The molecule has 8 heteroatoms. The third-order valence-corrected chi connectivity index (χ3v) is 4.25. The van der Waals surface area contributed by atoms with Crippen LogP contribution in [0.2, 0.25) is 5.02 Å². The zero-order chi connectivity index (χ0) is 16.6. The fourth-order valence-electron chi connectivity index (χ4n) is 2.90. The van der Waals surface area contributed by atoms with E-state index in [4.69, 9.17) is 11.6 Å². The molecule has 1 fully saturated rings. The van der Waals surface area contributed by atoms with Crippen LogP contribution in [0.5, 0.6) is 0 Å². The summed E-state index contributed by atoms with van der Waals surface area (Å²) in [4.78, 5) is 18.1. The van der Waals surface area contributed by atoms with Gasteiger partial charge in [-0.3, -0.25) is 14.1 Å². The first kappa shape index (κ1) is 16.3. The minimum atomic E-state index is -4.17. The molecule has 0 spiro atoms. The quantitative estimate of drug-likeness (QED) is 0.839. The molecule has 3 heterocycles. The van der Waals surface area contributed by atoms with Crippen molar-refractivity contribution in [1.29, 1.82) is 0 Å². The second kappa shape index (κ2) is 6.13. The van der Waals surface area contributed by atoms with Crippen molar-refractivity contribution in [2.75, 3.05) is 13.1 Å². The smallest absolute Gasteiger partial charge is 0.297 e. The Morgan fingerprint density at radius 2 is 2.13 bits per heavy atom. The number of likely N-dealkylation sites (tertiary alicyclic amines) is 1. The van der Waals surface area contributed by atoms with E-state index in [1.807, 2.05) is 0 Å². The van der Waals surface area contributed by atoms with Crippen LogP contribution in [0.1, 0.15) is 18.5 Å². The highest BCUT2D eigenvalue weighted by Crippen LogP contribution is 2.33. The largest absolute Gasteiger partial charge is 0.393 e. The topological polar surface area (TPSA) is 37.6 Å². The van der Waals surface area contributed by atoms with Crippen LogP contribution in [0, 0.1) is 5.92 Å². The number of rotatable bonds is 2. The minimum Gasteiger partial charge on any atom is -0.297 e. The van der Waals surface area contributed by atoms with Gasteiger partial charge in [0.05, 0.1) is 16.6 Å². The van der Waals surface area contributed by atoms with Gasteiger partial charge in [-0.25, -0.2) is 4.98 Å². The number of piperidine rings is 1. The van der Waals surface area contributed by atoms with Crippen molar-refractivity contribution in [3.05, 3.63) is 45.5 Å². The normalized spacial score (nSPS) is 20.1. The van der Waals surface area contributed by atoms with E-state index in [9.17, 15) is 18.0 Å². The Morgan fingerprint density at radius 3 is 2.87 bits per heavy atom. The van der Waals surface area contributed by atoms with Crippen molar-refractivity contribution in [2.24, 2.45) is 5.92 Å². The molecular weight excluding hydrogens is 331 g/mol. The molecule has 1 aliphatic heterocycles. The van der Waals surface area contributed by atoms with Gasteiger partial charge in [-0.2, -0.15) is 13.2 Å². The summed E-state index contributed by atoms with van der Waals surface area (Å²) >= 11 is 5.84. The molecule has 4 nitrogen and oxygen atoms in total. The van der Waals surface area contributed by atoms with Crippen LogP contribution in [0.25, 0.3) is 5.65 Å². The number of aromatic nitrogens is 2. The molecule has 2 aromatic rings. The van der Waals surface area contributed by atoms with Crippen LogP contribution in [0.15, 0.2) is 29.2 Å². The summed E-state index contributed by atoms with van der Waals surface area (Å²) in [5, 5.41) is 0.415. The Kier molecular flexibility index (Phi) is 4.33. The molecule has 23 heavy (non-hydrogen) atoms. The van der Waals surface area contributed by atoms with Gasteiger partial charge in [-0.05, 0) is 31.5 Å². The summed E-state index contributed by atoms with van der Waals surface area (Å²) in [6.45, 7) is 0.764. The molecular formula is C15H15ClF3N3O. The molecule has 124 valence electrons. The molecule has 0 N–H and O–H groups in total. The number of hydrogen-bond acceptors (Lipinski definition) is 3. The summed E-state index contributed by atoms with van der Waals surface area (Å²) < 4.78 is 39.9. The first-order chi connectivity index (χ1) is 10.8. The maximum absolute atomic E-state index is 12.9. The first-order valence-corrected chi connectivity index (χ1v) is 7.67. The van der Waals surface area contributed by atoms with E-state index in [1.54, 1.807) is 17.0 Å². The molecule has 1 aliphatic rings. The second-order valence-corrected chi connectivity index (χ2v) is 6.21. The lowest BCUT2D eigenvalue weighted by Crippen LogP contribution is -2.41.